The Hall–Kier alpha value is -0.0800. The molecule has 3 unspecified atom stereocenters. The van der Waals surface area contributed by atoms with Crippen LogP contribution in [0.3, 0.4) is 0 Å². The maximum atomic E-state index is 6.15. The van der Waals surface area contributed by atoms with E-state index in [1.54, 1.807) is 0 Å². The maximum Gasteiger partial charge on any atom is 0.0631 e. The Kier molecular flexibility index (Phi) is 3.84. The van der Waals surface area contributed by atoms with Gasteiger partial charge in [-0.3, -0.25) is 0 Å². The predicted molar refractivity (Wildman–Crippen MR) is 71.9 cm³/mol. The van der Waals surface area contributed by atoms with Gasteiger partial charge in [0.25, 0.3) is 0 Å². The maximum absolute atomic E-state index is 6.15. The standard InChI is InChI=1S/C15H29NO/c1-4-12-5-8-15(9-12,11-16)10-13-6-7-14(2,3)17-13/h12-13H,4-11,16H2,1-3H3. The molecule has 0 amide bonds. The van der Waals surface area contributed by atoms with E-state index >= 15 is 0 Å². The van der Waals surface area contributed by atoms with Crippen LogP contribution < -0.4 is 5.73 Å². The fraction of sp³-hybridized carbons (Fsp3) is 1.00. The quantitative estimate of drug-likeness (QED) is 0.815. The Morgan fingerprint density at radius 1 is 1.24 bits per heavy atom. The third-order valence-corrected chi connectivity index (χ3v) is 5.03. The predicted octanol–water partition coefficient (Wildman–Crippen LogP) is 3.49. The van der Waals surface area contributed by atoms with Gasteiger partial charge in [0.05, 0.1) is 11.7 Å². The van der Waals surface area contributed by atoms with Gasteiger partial charge in [0.15, 0.2) is 0 Å². The van der Waals surface area contributed by atoms with E-state index in [1.165, 1.54) is 44.9 Å². The first-order valence-corrected chi connectivity index (χ1v) is 7.36. The Bertz CT molecular complexity index is 264. The summed E-state index contributed by atoms with van der Waals surface area (Å²) in [5.41, 5.74) is 6.57. The van der Waals surface area contributed by atoms with Crippen molar-refractivity contribution in [2.75, 3.05) is 6.54 Å². The summed E-state index contributed by atoms with van der Waals surface area (Å²) in [7, 11) is 0. The normalized spacial score (nSPS) is 40.9. The molecular weight excluding hydrogens is 210 g/mol. The van der Waals surface area contributed by atoms with E-state index in [4.69, 9.17) is 10.5 Å². The van der Waals surface area contributed by atoms with E-state index in [2.05, 4.69) is 20.8 Å². The van der Waals surface area contributed by atoms with Gasteiger partial charge >= 0.3 is 0 Å². The third-order valence-electron chi connectivity index (χ3n) is 5.03. The lowest BCUT2D eigenvalue weighted by atomic mass is 9.79. The van der Waals surface area contributed by atoms with Gasteiger partial charge in [-0.05, 0) is 70.3 Å². The molecule has 2 fully saturated rings. The lowest BCUT2D eigenvalue weighted by Crippen LogP contribution is -2.33. The van der Waals surface area contributed by atoms with E-state index in [0.717, 1.165) is 12.5 Å². The average Bonchev–Trinajstić information content (AvgIpc) is 2.84. The van der Waals surface area contributed by atoms with Gasteiger partial charge in [0.1, 0.15) is 0 Å². The molecule has 2 nitrogen and oxygen atoms in total. The van der Waals surface area contributed by atoms with Crippen LogP contribution in [0.2, 0.25) is 0 Å². The summed E-state index contributed by atoms with van der Waals surface area (Å²) >= 11 is 0. The molecule has 2 rings (SSSR count). The van der Waals surface area contributed by atoms with Crippen LogP contribution in [0, 0.1) is 11.3 Å². The van der Waals surface area contributed by atoms with Crippen LogP contribution in [0.5, 0.6) is 0 Å². The summed E-state index contributed by atoms with van der Waals surface area (Å²) in [6, 6.07) is 0. The summed E-state index contributed by atoms with van der Waals surface area (Å²) in [6.45, 7) is 7.59. The first kappa shape index (κ1) is 13.4. The Morgan fingerprint density at radius 2 is 2.00 bits per heavy atom. The second-order valence-corrected chi connectivity index (χ2v) is 6.96. The SMILES string of the molecule is CCC1CCC(CN)(CC2CCC(C)(C)O2)C1. The van der Waals surface area contributed by atoms with Crippen LogP contribution in [-0.4, -0.2) is 18.2 Å². The number of nitrogens with two attached hydrogens (primary N) is 1. The van der Waals surface area contributed by atoms with Gasteiger partial charge in [-0.15, -0.1) is 0 Å². The van der Waals surface area contributed by atoms with Crippen LogP contribution in [0.4, 0.5) is 0 Å². The molecule has 0 bridgehead atoms. The lowest BCUT2D eigenvalue weighted by Gasteiger charge is -2.31. The van der Waals surface area contributed by atoms with E-state index < -0.39 is 0 Å². The van der Waals surface area contributed by atoms with Gasteiger partial charge in [0, 0.05) is 0 Å². The molecule has 2 heteroatoms. The molecule has 1 saturated carbocycles. The summed E-state index contributed by atoms with van der Waals surface area (Å²) in [4.78, 5) is 0. The second kappa shape index (κ2) is 4.89. The van der Waals surface area contributed by atoms with Crippen LogP contribution in [0.1, 0.15) is 65.7 Å². The highest BCUT2D eigenvalue weighted by atomic mass is 16.5. The number of hydrogen-bond donors (Lipinski definition) is 1. The topological polar surface area (TPSA) is 35.2 Å². The highest BCUT2D eigenvalue weighted by molar-refractivity contribution is 4.93. The highest BCUT2D eigenvalue weighted by Gasteiger charge is 2.42. The minimum Gasteiger partial charge on any atom is -0.372 e. The molecule has 1 aliphatic carbocycles. The molecule has 17 heavy (non-hydrogen) atoms. The Labute approximate surface area is 106 Å². The number of rotatable bonds is 4. The van der Waals surface area contributed by atoms with Crippen molar-refractivity contribution >= 4 is 0 Å². The van der Waals surface area contributed by atoms with Crippen molar-refractivity contribution in [3.05, 3.63) is 0 Å². The zero-order valence-corrected chi connectivity index (χ0v) is 11.8. The minimum atomic E-state index is 0.100. The fourth-order valence-corrected chi connectivity index (χ4v) is 3.83. The average molecular weight is 239 g/mol. The van der Waals surface area contributed by atoms with Crippen molar-refractivity contribution in [2.24, 2.45) is 17.1 Å². The fourth-order valence-electron chi connectivity index (χ4n) is 3.83. The summed E-state index contributed by atoms with van der Waals surface area (Å²) in [5, 5.41) is 0. The molecule has 0 aromatic rings. The zero-order chi connectivity index (χ0) is 12.5. The Balaban J connectivity index is 1.92. The molecule has 0 spiro atoms. The number of ether oxygens (including phenoxy) is 1. The molecule has 2 aliphatic rings. The first-order valence-electron chi connectivity index (χ1n) is 7.36. The molecule has 2 N–H and O–H groups in total. The minimum absolute atomic E-state index is 0.100. The Morgan fingerprint density at radius 3 is 2.47 bits per heavy atom. The molecule has 1 aliphatic heterocycles. The third kappa shape index (κ3) is 3.03. The largest absolute Gasteiger partial charge is 0.372 e. The molecule has 3 atom stereocenters. The summed E-state index contributed by atoms with van der Waals surface area (Å²) < 4.78 is 6.15. The van der Waals surface area contributed by atoms with Crippen LogP contribution >= 0.6 is 0 Å². The second-order valence-electron chi connectivity index (χ2n) is 6.96. The first-order chi connectivity index (χ1) is 7.99. The van der Waals surface area contributed by atoms with Crippen LogP contribution in [0.25, 0.3) is 0 Å². The van der Waals surface area contributed by atoms with Gasteiger partial charge in [0.2, 0.25) is 0 Å². The van der Waals surface area contributed by atoms with Crippen molar-refractivity contribution in [3.63, 3.8) is 0 Å². The van der Waals surface area contributed by atoms with Gasteiger partial charge in [-0.2, -0.15) is 0 Å². The van der Waals surface area contributed by atoms with Gasteiger partial charge in [-0.25, -0.2) is 0 Å². The van der Waals surface area contributed by atoms with Crippen molar-refractivity contribution in [1.82, 2.24) is 0 Å². The van der Waals surface area contributed by atoms with E-state index in [9.17, 15) is 0 Å². The molecule has 0 aromatic heterocycles. The van der Waals surface area contributed by atoms with Crippen molar-refractivity contribution in [3.8, 4) is 0 Å². The molecule has 100 valence electrons. The van der Waals surface area contributed by atoms with Gasteiger partial charge < -0.3 is 10.5 Å². The van der Waals surface area contributed by atoms with Crippen molar-refractivity contribution in [2.45, 2.75) is 77.4 Å². The monoisotopic (exact) mass is 239 g/mol. The molecule has 1 saturated heterocycles. The summed E-state index contributed by atoms with van der Waals surface area (Å²) in [5.74, 6) is 0.910. The smallest absolute Gasteiger partial charge is 0.0631 e. The zero-order valence-electron chi connectivity index (χ0n) is 11.8. The number of hydrogen-bond acceptors (Lipinski definition) is 2. The van der Waals surface area contributed by atoms with Crippen molar-refractivity contribution in [1.29, 1.82) is 0 Å². The summed E-state index contributed by atoms with van der Waals surface area (Å²) in [6.07, 6.45) is 9.44. The van der Waals surface area contributed by atoms with Crippen molar-refractivity contribution < 1.29 is 4.74 Å². The molecule has 1 heterocycles. The molecular formula is C15H29NO. The lowest BCUT2D eigenvalue weighted by molar-refractivity contribution is -0.0346. The highest BCUT2D eigenvalue weighted by Crippen LogP contribution is 2.48. The van der Waals surface area contributed by atoms with Crippen LogP contribution in [0.15, 0.2) is 0 Å². The van der Waals surface area contributed by atoms with E-state index in [0.29, 0.717) is 11.5 Å². The van der Waals surface area contributed by atoms with Gasteiger partial charge in [-0.1, -0.05) is 13.3 Å². The van der Waals surface area contributed by atoms with E-state index in [-0.39, 0.29) is 5.60 Å². The van der Waals surface area contributed by atoms with E-state index in [1.807, 2.05) is 0 Å². The molecule has 0 radical (unpaired) electrons. The van der Waals surface area contributed by atoms with Crippen LogP contribution in [-0.2, 0) is 4.74 Å². The molecule has 0 aromatic carbocycles.